The molecule has 0 aliphatic heterocycles. The van der Waals surface area contributed by atoms with Gasteiger partial charge in [-0.05, 0) is 0 Å². The molecule has 0 heterocycles. The molecule has 4 nitrogen and oxygen atoms in total. The average Bonchev–Trinajstić information content (AvgIpc) is 2.33. The molecule has 0 rings (SSSR count). The van der Waals surface area contributed by atoms with Gasteiger partial charge in [0, 0.05) is 11.8 Å². The van der Waals surface area contributed by atoms with Gasteiger partial charge >= 0.3 is 7.60 Å². The van der Waals surface area contributed by atoms with E-state index < -0.39 is 18.3 Å². The zero-order valence-electron chi connectivity index (χ0n) is 9.03. The molecule has 17 heavy (non-hydrogen) atoms. The van der Waals surface area contributed by atoms with E-state index in [1.165, 1.54) is 0 Å². The molecule has 0 spiro atoms. The van der Waals surface area contributed by atoms with Crippen molar-refractivity contribution in [1.82, 2.24) is 0 Å². The third-order valence-electron chi connectivity index (χ3n) is 1.61. The van der Waals surface area contributed by atoms with Gasteiger partial charge in [0.25, 0.3) is 0 Å². The number of rotatable bonds is 10. The lowest BCUT2D eigenvalue weighted by Crippen LogP contribution is -2.16. The van der Waals surface area contributed by atoms with Crippen LogP contribution in [-0.4, -0.2) is 53.6 Å². The lowest BCUT2D eigenvalue weighted by Gasteiger charge is -2.19. The molecule has 9 heteroatoms. The minimum atomic E-state index is -3.39. The fourth-order valence-electron chi connectivity index (χ4n) is 0.767. The Morgan fingerprint density at radius 3 is 1.76 bits per heavy atom. The summed E-state index contributed by atoms with van der Waals surface area (Å²) in [6, 6.07) is 0. The molecule has 0 aliphatic carbocycles. The molecule has 0 aromatic rings. The first-order valence-electron chi connectivity index (χ1n) is 4.86. The molecule has 0 aromatic heterocycles. The monoisotopic (exact) mass is 346 g/mol. The van der Waals surface area contributed by atoms with Crippen molar-refractivity contribution in [3.8, 4) is 0 Å². The number of hydrogen-bond donors (Lipinski definition) is 1. The van der Waals surface area contributed by atoms with Crippen LogP contribution in [0.25, 0.3) is 0 Å². The molecule has 104 valence electrons. The van der Waals surface area contributed by atoms with E-state index in [1.807, 2.05) is 0 Å². The van der Waals surface area contributed by atoms with Crippen molar-refractivity contribution >= 4 is 54.0 Å². The second kappa shape index (κ2) is 10.1. The van der Waals surface area contributed by atoms with Crippen LogP contribution in [0.3, 0.4) is 0 Å². The Labute approximate surface area is 121 Å². The van der Waals surface area contributed by atoms with Gasteiger partial charge in [0.05, 0.1) is 36.7 Å². The molecule has 0 saturated heterocycles. The Bertz CT molecular complexity index is 226. The zero-order valence-corrected chi connectivity index (χ0v) is 12.9. The van der Waals surface area contributed by atoms with Gasteiger partial charge in [0.1, 0.15) is 0 Å². The van der Waals surface area contributed by atoms with Gasteiger partial charge in [-0.2, -0.15) is 0 Å². The fraction of sp³-hybridized carbons (Fsp3) is 1.00. The number of halogens is 4. The van der Waals surface area contributed by atoms with Gasteiger partial charge in [-0.3, -0.25) is 4.57 Å². The first-order valence-corrected chi connectivity index (χ1v) is 8.53. The molecule has 1 N–H and O–H groups in total. The minimum Gasteiger partial charge on any atom is -0.396 e. The normalized spacial score (nSPS) is 18.6. The van der Waals surface area contributed by atoms with E-state index in [0.717, 1.165) is 0 Å². The van der Waals surface area contributed by atoms with Crippen LogP contribution in [0, 0.1) is 0 Å². The average molecular weight is 348 g/mol. The van der Waals surface area contributed by atoms with Crippen LogP contribution in [0.4, 0.5) is 0 Å². The molecule has 2 unspecified atom stereocenters. The Hall–Kier alpha value is 1.27. The summed E-state index contributed by atoms with van der Waals surface area (Å²) < 4.78 is 22.2. The van der Waals surface area contributed by atoms with Crippen molar-refractivity contribution < 1.29 is 18.7 Å². The van der Waals surface area contributed by atoms with Gasteiger partial charge in [0.15, 0.2) is 0 Å². The molecule has 0 bridgehead atoms. The third kappa shape index (κ3) is 8.90. The predicted molar refractivity (Wildman–Crippen MR) is 72.2 cm³/mol. The maximum Gasteiger partial charge on any atom is 0.333 e. The number of aliphatic hydroxyl groups is 1. The Balaban J connectivity index is 4.20. The summed E-state index contributed by atoms with van der Waals surface area (Å²) in [6.45, 7) is -0.356. The van der Waals surface area contributed by atoms with Crippen LogP contribution >= 0.6 is 54.0 Å². The van der Waals surface area contributed by atoms with Crippen LogP contribution in [0.2, 0.25) is 0 Å². The van der Waals surface area contributed by atoms with Crippen molar-refractivity contribution in [3.05, 3.63) is 0 Å². The second-order valence-corrected chi connectivity index (χ2v) is 7.19. The van der Waals surface area contributed by atoms with Crippen LogP contribution < -0.4 is 0 Å². The molecular formula is C8H15Cl4O4P. The lowest BCUT2D eigenvalue weighted by molar-refractivity contribution is 0.199. The second-order valence-electron chi connectivity index (χ2n) is 3.15. The fourth-order valence-corrected chi connectivity index (χ4v) is 2.64. The topological polar surface area (TPSA) is 55.8 Å². The van der Waals surface area contributed by atoms with Crippen LogP contribution in [0.1, 0.15) is 0 Å². The Kier molecular flexibility index (Phi) is 10.9. The summed E-state index contributed by atoms with van der Waals surface area (Å²) in [5.74, 6) is 0.334. The van der Waals surface area contributed by atoms with Crippen molar-refractivity contribution in [2.75, 3.05) is 37.7 Å². The van der Waals surface area contributed by atoms with Crippen molar-refractivity contribution in [2.45, 2.75) is 10.8 Å². The molecule has 0 amide bonds. The highest BCUT2D eigenvalue weighted by atomic mass is 35.5. The standard InChI is InChI=1S/C8H15Cl4O4P/c9-3-7(11)5-15-17(14,2-1-13)16-6-8(12)4-10/h7-8,13H,1-6H2. The highest BCUT2D eigenvalue weighted by molar-refractivity contribution is 7.53. The van der Waals surface area contributed by atoms with E-state index >= 15 is 0 Å². The van der Waals surface area contributed by atoms with E-state index in [2.05, 4.69) is 0 Å². The van der Waals surface area contributed by atoms with E-state index in [1.54, 1.807) is 0 Å². The summed E-state index contributed by atoms with van der Waals surface area (Å²) in [4.78, 5) is 0. The van der Waals surface area contributed by atoms with E-state index in [-0.39, 0.29) is 37.7 Å². The first-order chi connectivity index (χ1) is 7.97. The summed E-state index contributed by atoms with van der Waals surface area (Å²) in [5.41, 5.74) is 0. The minimum absolute atomic E-state index is 0.0177. The van der Waals surface area contributed by atoms with Crippen molar-refractivity contribution in [3.63, 3.8) is 0 Å². The highest BCUT2D eigenvalue weighted by Gasteiger charge is 2.26. The van der Waals surface area contributed by atoms with Gasteiger partial charge in [-0.25, -0.2) is 0 Å². The lowest BCUT2D eigenvalue weighted by atomic mass is 10.5. The Morgan fingerprint density at radius 1 is 1.06 bits per heavy atom. The molecular weight excluding hydrogens is 333 g/mol. The van der Waals surface area contributed by atoms with Gasteiger partial charge in [0.2, 0.25) is 0 Å². The SMILES string of the molecule is O=P(CCO)(OCC(Cl)CCl)OCC(Cl)CCl. The summed E-state index contributed by atoms with van der Waals surface area (Å²) >= 11 is 22.4. The van der Waals surface area contributed by atoms with Crippen LogP contribution in [0.15, 0.2) is 0 Å². The van der Waals surface area contributed by atoms with Crippen molar-refractivity contribution in [1.29, 1.82) is 0 Å². The summed E-state index contributed by atoms with van der Waals surface area (Å²) in [6.07, 6.45) is -0.120. The maximum atomic E-state index is 12.0. The highest BCUT2D eigenvalue weighted by Crippen LogP contribution is 2.48. The molecule has 0 radical (unpaired) electrons. The molecule has 0 fully saturated rings. The molecule has 0 aromatic carbocycles. The summed E-state index contributed by atoms with van der Waals surface area (Å²) in [7, 11) is -3.39. The van der Waals surface area contributed by atoms with Crippen LogP contribution in [-0.2, 0) is 13.6 Å². The maximum absolute atomic E-state index is 12.0. The van der Waals surface area contributed by atoms with Gasteiger partial charge in [-0.1, -0.05) is 0 Å². The molecule has 2 atom stereocenters. The number of hydrogen-bond acceptors (Lipinski definition) is 4. The predicted octanol–water partition coefficient (Wildman–Crippen LogP) is 2.90. The van der Waals surface area contributed by atoms with Crippen molar-refractivity contribution in [2.24, 2.45) is 0 Å². The Morgan fingerprint density at radius 2 is 1.47 bits per heavy atom. The molecule has 0 saturated carbocycles. The van der Waals surface area contributed by atoms with E-state index in [0.29, 0.717) is 0 Å². The largest absolute Gasteiger partial charge is 0.396 e. The number of aliphatic hydroxyl groups excluding tert-OH is 1. The van der Waals surface area contributed by atoms with Gasteiger partial charge < -0.3 is 14.2 Å². The van der Waals surface area contributed by atoms with Crippen LogP contribution in [0.5, 0.6) is 0 Å². The van der Waals surface area contributed by atoms with Gasteiger partial charge in [-0.15, -0.1) is 46.4 Å². The van der Waals surface area contributed by atoms with E-state index in [9.17, 15) is 4.57 Å². The quantitative estimate of drug-likeness (QED) is 0.487. The first kappa shape index (κ1) is 18.3. The zero-order chi connectivity index (χ0) is 13.3. The number of alkyl halides is 4. The summed E-state index contributed by atoms with van der Waals surface area (Å²) in [5, 5.41) is 7.87. The molecule has 0 aliphatic rings. The van der Waals surface area contributed by atoms with E-state index in [4.69, 9.17) is 60.6 Å². The third-order valence-corrected chi connectivity index (χ3v) is 5.07. The smallest absolute Gasteiger partial charge is 0.333 e.